The molecule has 4 nitrogen and oxygen atoms in total. The Bertz CT molecular complexity index is 1170. The quantitative estimate of drug-likeness (QED) is 0.268. The van der Waals surface area contributed by atoms with E-state index in [1.807, 2.05) is 4.90 Å². The van der Waals surface area contributed by atoms with Crippen molar-refractivity contribution >= 4 is 38.9 Å². The lowest BCUT2D eigenvalue weighted by atomic mass is 10.1. The second kappa shape index (κ2) is 9.38. The Hall–Kier alpha value is -3.14. The summed E-state index contributed by atoms with van der Waals surface area (Å²) < 4.78 is 69.2. The van der Waals surface area contributed by atoms with Crippen LogP contribution in [0.15, 0.2) is 53.0 Å². The molecule has 1 N–H and O–H groups in total. The van der Waals surface area contributed by atoms with Crippen LogP contribution in [-0.2, 0) is 0 Å². The zero-order chi connectivity index (χ0) is 23.7. The molecule has 1 saturated heterocycles. The smallest absolute Gasteiger partial charge is 0.256 e. The number of halogens is 6. The first-order chi connectivity index (χ1) is 15.8. The molecule has 0 spiro atoms. The van der Waals surface area contributed by atoms with Crippen LogP contribution in [0.4, 0.5) is 39.0 Å². The Morgan fingerprint density at radius 1 is 0.727 bits per heavy atom. The number of nitrogens with zero attached hydrogens (tertiary/aromatic N) is 2. The number of hydrogen-bond donors (Lipinski definition) is 1. The maximum atomic E-state index is 14.1. The molecular formula is C23H17BrF5N3O. The minimum Gasteiger partial charge on any atom is -0.368 e. The minimum absolute atomic E-state index is 0.0683. The maximum absolute atomic E-state index is 14.1. The van der Waals surface area contributed by atoms with Crippen molar-refractivity contribution < 1.29 is 26.7 Å². The maximum Gasteiger partial charge on any atom is 0.256 e. The monoisotopic (exact) mass is 525 g/mol. The molecule has 0 radical (unpaired) electrons. The third kappa shape index (κ3) is 4.52. The standard InChI is InChI=1S/C23H17BrF5N3O/c24-16-4-2-1-3-15(16)23(33)30-13-5-7-14(8-6-13)31-9-11-32(12-10-31)22-20(28)18(26)17(25)19(27)21(22)29/h1-8H,9-12H2,(H,30,33). The van der Waals surface area contributed by atoms with Gasteiger partial charge < -0.3 is 15.1 Å². The summed E-state index contributed by atoms with van der Waals surface area (Å²) in [5, 5.41) is 2.80. The molecule has 1 amide bonds. The van der Waals surface area contributed by atoms with E-state index >= 15 is 0 Å². The second-order valence-corrected chi connectivity index (χ2v) is 8.23. The molecule has 0 saturated carbocycles. The van der Waals surface area contributed by atoms with Crippen LogP contribution in [0.1, 0.15) is 10.4 Å². The van der Waals surface area contributed by atoms with Crippen LogP contribution in [0.2, 0.25) is 0 Å². The van der Waals surface area contributed by atoms with Gasteiger partial charge in [-0.25, -0.2) is 22.0 Å². The molecular weight excluding hydrogens is 509 g/mol. The molecule has 1 fully saturated rings. The van der Waals surface area contributed by atoms with Gasteiger partial charge in [-0.2, -0.15) is 0 Å². The number of benzene rings is 3. The fraction of sp³-hybridized carbons (Fsp3) is 0.174. The lowest BCUT2D eigenvalue weighted by Gasteiger charge is -2.37. The van der Waals surface area contributed by atoms with Gasteiger partial charge in [-0.15, -0.1) is 0 Å². The zero-order valence-corrected chi connectivity index (χ0v) is 18.6. The largest absolute Gasteiger partial charge is 0.368 e. The van der Waals surface area contributed by atoms with Crippen LogP contribution >= 0.6 is 15.9 Å². The van der Waals surface area contributed by atoms with E-state index in [9.17, 15) is 26.7 Å². The summed E-state index contributed by atoms with van der Waals surface area (Å²) in [5.41, 5.74) is 0.965. The third-order valence-electron chi connectivity index (χ3n) is 5.39. The van der Waals surface area contributed by atoms with Gasteiger partial charge in [0.05, 0.1) is 5.56 Å². The van der Waals surface area contributed by atoms with Gasteiger partial charge in [0, 0.05) is 42.0 Å². The number of nitrogens with one attached hydrogen (secondary N) is 1. The van der Waals surface area contributed by atoms with Gasteiger partial charge in [-0.1, -0.05) is 12.1 Å². The van der Waals surface area contributed by atoms with E-state index in [-0.39, 0.29) is 19.0 Å². The van der Waals surface area contributed by atoms with E-state index < -0.39 is 34.8 Å². The highest BCUT2D eigenvalue weighted by Gasteiger charge is 2.30. The summed E-state index contributed by atoms with van der Waals surface area (Å²) in [6, 6.07) is 14.0. The summed E-state index contributed by atoms with van der Waals surface area (Å²) in [6.45, 7) is 0.752. The Morgan fingerprint density at radius 3 is 1.82 bits per heavy atom. The highest BCUT2D eigenvalue weighted by Crippen LogP contribution is 2.31. The molecule has 3 aromatic carbocycles. The Labute approximate surface area is 194 Å². The molecule has 172 valence electrons. The van der Waals surface area contributed by atoms with Crippen molar-refractivity contribution in [3.63, 3.8) is 0 Å². The van der Waals surface area contributed by atoms with E-state index in [1.54, 1.807) is 48.5 Å². The van der Waals surface area contributed by atoms with E-state index in [0.29, 0.717) is 28.8 Å². The Morgan fingerprint density at radius 2 is 1.24 bits per heavy atom. The number of carbonyl (C=O) groups is 1. The lowest BCUT2D eigenvalue weighted by Crippen LogP contribution is -2.47. The zero-order valence-electron chi connectivity index (χ0n) is 17.0. The summed E-state index contributed by atoms with van der Waals surface area (Å²) in [7, 11) is 0. The van der Waals surface area contributed by atoms with Gasteiger partial charge in [0.15, 0.2) is 23.3 Å². The van der Waals surface area contributed by atoms with Crippen LogP contribution in [-0.4, -0.2) is 32.1 Å². The highest BCUT2D eigenvalue weighted by atomic mass is 79.9. The van der Waals surface area contributed by atoms with Gasteiger partial charge in [-0.3, -0.25) is 4.79 Å². The average molecular weight is 526 g/mol. The van der Waals surface area contributed by atoms with Crippen molar-refractivity contribution in [3.8, 4) is 0 Å². The van der Waals surface area contributed by atoms with Crippen molar-refractivity contribution in [1.29, 1.82) is 0 Å². The molecule has 1 aliphatic rings. The number of hydrogen-bond acceptors (Lipinski definition) is 3. The molecule has 0 aliphatic carbocycles. The topological polar surface area (TPSA) is 35.6 Å². The van der Waals surface area contributed by atoms with Crippen LogP contribution in [0.5, 0.6) is 0 Å². The SMILES string of the molecule is O=C(Nc1ccc(N2CCN(c3c(F)c(F)c(F)c(F)c3F)CC2)cc1)c1ccccc1Br. The molecule has 1 aliphatic heterocycles. The summed E-state index contributed by atoms with van der Waals surface area (Å²) in [5.74, 6) is -10.0. The average Bonchev–Trinajstić information content (AvgIpc) is 2.83. The number of amides is 1. The van der Waals surface area contributed by atoms with E-state index in [0.717, 1.165) is 10.6 Å². The first-order valence-corrected chi connectivity index (χ1v) is 10.7. The van der Waals surface area contributed by atoms with Crippen LogP contribution in [0.25, 0.3) is 0 Å². The summed E-state index contributed by atoms with van der Waals surface area (Å²) >= 11 is 3.34. The van der Waals surface area contributed by atoms with Crippen LogP contribution < -0.4 is 15.1 Å². The normalized spacial score (nSPS) is 13.9. The minimum atomic E-state index is -2.17. The Balaban J connectivity index is 1.42. The molecule has 0 unspecified atom stereocenters. The van der Waals surface area contributed by atoms with Crippen molar-refractivity contribution in [2.75, 3.05) is 41.3 Å². The van der Waals surface area contributed by atoms with Crippen molar-refractivity contribution in [3.05, 3.63) is 87.7 Å². The summed E-state index contributed by atoms with van der Waals surface area (Å²) in [6.07, 6.45) is 0. The van der Waals surface area contributed by atoms with Gasteiger partial charge in [0.25, 0.3) is 5.91 Å². The Kier molecular flexibility index (Phi) is 6.55. The third-order valence-corrected chi connectivity index (χ3v) is 6.08. The van der Waals surface area contributed by atoms with Gasteiger partial charge in [0.1, 0.15) is 5.69 Å². The van der Waals surface area contributed by atoms with Crippen molar-refractivity contribution in [2.45, 2.75) is 0 Å². The number of anilines is 3. The fourth-order valence-corrected chi connectivity index (χ4v) is 4.12. The highest BCUT2D eigenvalue weighted by molar-refractivity contribution is 9.10. The lowest BCUT2D eigenvalue weighted by molar-refractivity contribution is 0.102. The molecule has 3 aromatic rings. The van der Waals surface area contributed by atoms with Gasteiger partial charge in [0.2, 0.25) is 5.82 Å². The molecule has 0 aromatic heterocycles. The van der Waals surface area contributed by atoms with E-state index in [1.165, 1.54) is 0 Å². The second-order valence-electron chi connectivity index (χ2n) is 7.37. The number of piperazine rings is 1. The first kappa shape index (κ1) is 23.0. The molecule has 0 atom stereocenters. The predicted octanol–water partition coefficient (Wildman–Crippen LogP) is 5.72. The van der Waals surface area contributed by atoms with Crippen LogP contribution in [0, 0.1) is 29.1 Å². The van der Waals surface area contributed by atoms with E-state index in [2.05, 4.69) is 21.2 Å². The van der Waals surface area contributed by atoms with E-state index in [4.69, 9.17) is 0 Å². The predicted molar refractivity (Wildman–Crippen MR) is 119 cm³/mol. The summed E-state index contributed by atoms with van der Waals surface area (Å²) in [4.78, 5) is 15.5. The molecule has 0 bridgehead atoms. The molecule has 1 heterocycles. The van der Waals surface area contributed by atoms with Crippen molar-refractivity contribution in [1.82, 2.24) is 0 Å². The number of rotatable bonds is 4. The molecule has 4 rings (SSSR count). The fourth-order valence-electron chi connectivity index (χ4n) is 3.66. The van der Waals surface area contributed by atoms with Gasteiger partial charge in [-0.05, 0) is 52.3 Å². The first-order valence-electron chi connectivity index (χ1n) is 9.95. The van der Waals surface area contributed by atoms with Gasteiger partial charge >= 0.3 is 0 Å². The molecule has 10 heteroatoms. The van der Waals surface area contributed by atoms with Crippen LogP contribution in [0.3, 0.4) is 0 Å². The number of carbonyl (C=O) groups excluding carboxylic acids is 1. The molecule has 33 heavy (non-hydrogen) atoms. The van der Waals surface area contributed by atoms with Crippen molar-refractivity contribution in [2.24, 2.45) is 0 Å².